The Morgan fingerprint density at radius 1 is 1.38 bits per heavy atom. The summed E-state index contributed by atoms with van der Waals surface area (Å²) in [7, 11) is 0. The Kier molecular flexibility index (Phi) is 3.79. The molecule has 0 aliphatic carbocycles. The third kappa shape index (κ3) is 2.53. The molecule has 84 valence electrons. The first-order valence-electron chi connectivity index (χ1n) is 4.88. The fourth-order valence-corrected chi connectivity index (χ4v) is 1.71. The number of hydrogen-bond donors (Lipinski definition) is 1. The minimum atomic E-state index is 0.111. The van der Waals surface area contributed by atoms with Gasteiger partial charge in [-0.1, -0.05) is 0 Å². The van der Waals surface area contributed by atoms with Gasteiger partial charge in [-0.15, -0.1) is 4.37 Å². The average Bonchev–Trinajstić information content (AvgIpc) is 2.79. The summed E-state index contributed by atoms with van der Waals surface area (Å²) in [5.41, 5.74) is 1.59. The molecule has 2 rings (SSSR count). The Hall–Kier alpha value is -1.53. The van der Waals surface area contributed by atoms with E-state index in [9.17, 15) is 0 Å². The van der Waals surface area contributed by atoms with Gasteiger partial charge in [-0.05, 0) is 12.1 Å². The van der Waals surface area contributed by atoms with Crippen LogP contribution in [-0.2, 0) is 0 Å². The van der Waals surface area contributed by atoms with E-state index >= 15 is 0 Å². The molecule has 1 N–H and O–H groups in total. The van der Waals surface area contributed by atoms with Crippen molar-refractivity contribution in [3.63, 3.8) is 0 Å². The van der Waals surface area contributed by atoms with Crippen LogP contribution in [-0.4, -0.2) is 32.1 Å². The van der Waals surface area contributed by atoms with Gasteiger partial charge in [0.2, 0.25) is 0 Å². The zero-order valence-corrected chi connectivity index (χ0v) is 9.35. The van der Waals surface area contributed by atoms with Crippen LogP contribution in [0.25, 0.3) is 11.3 Å². The van der Waals surface area contributed by atoms with Crippen molar-refractivity contribution >= 4 is 11.7 Å². The second kappa shape index (κ2) is 5.53. The van der Waals surface area contributed by atoms with E-state index in [1.807, 2.05) is 12.1 Å². The standard InChI is InChI=1S/C10H11N3O2S/c14-5-2-6-15-10-9(12-16-13-10)8-3-1-4-11-7-8/h1,3-4,7,14H,2,5-6H2. The minimum Gasteiger partial charge on any atom is -0.475 e. The van der Waals surface area contributed by atoms with Crippen molar-refractivity contribution in [3.8, 4) is 17.1 Å². The minimum absolute atomic E-state index is 0.111. The molecule has 0 amide bonds. The van der Waals surface area contributed by atoms with E-state index in [2.05, 4.69) is 13.7 Å². The number of hydrogen-bond acceptors (Lipinski definition) is 6. The normalized spacial score (nSPS) is 10.3. The number of aliphatic hydroxyl groups excluding tert-OH is 1. The number of ether oxygens (including phenoxy) is 1. The van der Waals surface area contributed by atoms with Gasteiger partial charge >= 0.3 is 0 Å². The monoisotopic (exact) mass is 237 g/mol. The Morgan fingerprint density at radius 3 is 3.06 bits per heavy atom. The van der Waals surface area contributed by atoms with Crippen molar-refractivity contribution in [2.24, 2.45) is 0 Å². The van der Waals surface area contributed by atoms with Gasteiger partial charge in [0.05, 0.1) is 18.3 Å². The van der Waals surface area contributed by atoms with Gasteiger partial charge in [0.15, 0.2) is 0 Å². The Morgan fingerprint density at radius 2 is 2.31 bits per heavy atom. The van der Waals surface area contributed by atoms with Crippen molar-refractivity contribution in [1.29, 1.82) is 0 Å². The molecular formula is C10H11N3O2S. The summed E-state index contributed by atoms with van der Waals surface area (Å²) in [6.07, 6.45) is 4.01. The first kappa shape index (κ1) is 11.0. The van der Waals surface area contributed by atoms with Crippen molar-refractivity contribution in [2.45, 2.75) is 6.42 Å². The van der Waals surface area contributed by atoms with Crippen molar-refractivity contribution in [1.82, 2.24) is 13.7 Å². The molecule has 5 nitrogen and oxygen atoms in total. The Balaban J connectivity index is 2.13. The highest BCUT2D eigenvalue weighted by Gasteiger charge is 2.11. The fraction of sp³-hybridized carbons (Fsp3) is 0.300. The molecular weight excluding hydrogens is 226 g/mol. The van der Waals surface area contributed by atoms with Gasteiger partial charge in [-0.25, -0.2) is 0 Å². The Bertz CT molecular complexity index is 433. The summed E-state index contributed by atoms with van der Waals surface area (Å²) < 4.78 is 13.7. The quantitative estimate of drug-likeness (QED) is 0.795. The third-order valence-electron chi connectivity index (χ3n) is 1.93. The summed E-state index contributed by atoms with van der Waals surface area (Å²) in [5, 5.41) is 8.66. The largest absolute Gasteiger partial charge is 0.475 e. The van der Waals surface area contributed by atoms with E-state index < -0.39 is 0 Å². The zero-order valence-electron chi connectivity index (χ0n) is 8.54. The first-order valence-corrected chi connectivity index (χ1v) is 5.61. The highest BCUT2D eigenvalue weighted by atomic mass is 32.1. The van der Waals surface area contributed by atoms with Gasteiger partial charge in [-0.2, -0.15) is 4.37 Å². The molecule has 6 heteroatoms. The molecule has 16 heavy (non-hydrogen) atoms. The maximum Gasteiger partial charge on any atom is 0.254 e. The van der Waals surface area contributed by atoms with Crippen LogP contribution in [0, 0.1) is 0 Å². The van der Waals surface area contributed by atoms with Crippen LogP contribution in [0.5, 0.6) is 5.88 Å². The molecule has 0 aliphatic rings. The first-order chi connectivity index (χ1) is 7.92. The smallest absolute Gasteiger partial charge is 0.254 e. The predicted octanol–water partition coefficient (Wildman–Crippen LogP) is 1.36. The van der Waals surface area contributed by atoms with E-state index in [0.717, 1.165) is 17.3 Å². The lowest BCUT2D eigenvalue weighted by molar-refractivity contribution is 0.230. The van der Waals surface area contributed by atoms with E-state index in [-0.39, 0.29) is 6.61 Å². The lowest BCUT2D eigenvalue weighted by Gasteiger charge is -2.02. The number of aromatic nitrogens is 3. The van der Waals surface area contributed by atoms with E-state index in [4.69, 9.17) is 9.84 Å². The molecule has 0 aromatic carbocycles. The fourth-order valence-electron chi connectivity index (χ4n) is 1.19. The zero-order chi connectivity index (χ0) is 11.2. The molecule has 0 fully saturated rings. The molecule has 0 radical (unpaired) electrons. The lowest BCUT2D eigenvalue weighted by atomic mass is 10.2. The molecule has 0 saturated heterocycles. The molecule has 0 atom stereocenters. The maximum absolute atomic E-state index is 8.66. The van der Waals surface area contributed by atoms with E-state index in [0.29, 0.717) is 24.6 Å². The Labute approximate surface area is 97.1 Å². The van der Waals surface area contributed by atoms with Crippen molar-refractivity contribution in [3.05, 3.63) is 24.5 Å². The van der Waals surface area contributed by atoms with Crippen LogP contribution < -0.4 is 4.74 Å². The molecule has 2 aromatic heterocycles. The highest BCUT2D eigenvalue weighted by molar-refractivity contribution is 6.99. The van der Waals surface area contributed by atoms with Gasteiger partial charge in [0, 0.05) is 31.0 Å². The SMILES string of the molecule is OCCCOc1nsnc1-c1cccnc1. The van der Waals surface area contributed by atoms with Gasteiger partial charge < -0.3 is 9.84 Å². The molecule has 0 bridgehead atoms. The summed E-state index contributed by atoms with van der Waals surface area (Å²) in [6.45, 7) is 0.551. The van der Waals surface area contributed by atoms with Gasteiger partial charge in [0.1, 0.15) is 5.69 Å². The lowest BCUT2D eigenvalue weighted by Crippen LogP contribution is -2.00. The maximum atomic E-state index is 8.66. The van der Waals surface area contributed by atoms with E-state index in [1.54, 1.807) is 12.4 Å². The molecule has 2 heterocycles. The predicted molar refractivity (Wildman–Crippen MR) is 60.3 cm³/mol. The topological polar surface area (TPSA) is 68.1 Å². The van der Waals surface area contributed by atoms with Crippen LogP contribution in [0.3, 0.4) is 0 Å². The number of rotatable bonds is 5. The molecule has 2 aromatic rings. The van der Waals surface area contributed by atoms with E-state index in [1.165, 1.54) is 0 Å². The second-order valence-corrected chi connectivity index (χ2v) is 3.61. The number of pyridine rings is 1. The van der Waals surface area contributed by atoms with Crippen LogP contribution in [0.4, 0.5) is 0 Å². The van der Waals surface area contributed by atoms with Crippen LogP contribution in [0.15, 0.2) is 24.5 Å². The summed E-state index contributed by atoms with van der Waals surface area (Å²) in [5.74, 6) is 0.506. The summed E-state index contributed by atoms with van der Waals surface area (Å²) >= 11 is 1.10. The molecule has 0 saturated carbocycles. The molecule has 0 aliphatic heterocycles. The van der Waals surface area contributed by atoms with Crippen LogP contribution in [0.2, 0.25) is 0 Å². The van der Waals surface area contributed by atoms with Crippen molar-refractivity contribution in [2.75, 3.05) is 13.2 Å². The molecule has 0 spiro atoms. The second-order valence-electron chi connectivity index (χ2n) is 3.09. The number of nitrogens with zero attached hydrogens (tertiary/aromatic N) is 3. The third-order valence-corrected chi connectivity index (χ3v) is 2.45. The van der Waals surface area contributed by atoms with Gasteiger partial charge in [-0.3, -0.25) is 4.98 Å². The van der Waals surface area contributed by atoms with Crippen LogP contribution >= 0.6 is 11.7 Å². The number of aliphatic hydroxyl groups is 1. The molecule has 0 unspecified atom stereocenters. The van der Waals surface area contributed by atoms with Crippen molar-refractivity contribution < 1.29 is 9.84 Å². The van der Waals surface area contributed by atoms with Gasteiger partial charge in [0.25, 0.3) is 5.88 Å². The summed E-state index contributed by atoms with van der Waals surface area (Å²) in [4.78, 5) is 4.02. The highest BCUT2D eigenvalue weighted by Crippen LogP contribution is 2.26. The average molecular weight is 237 g/mol. The van der Waals surface area contributed by atoms with Crippen LogP contribution in [0.1, 0.15) is 6.42 Å². The summed E-state index contributed by atoms with van der Waals surface area (Å²) in [6, 6.07) is 3.74.